The van der Waals surface area contributed by atoms with E-state index in [4.69, 9.17) is 26.8 Å². The molecule has 0 saturated carbocycles. The summed E-state index contributed by atoms with van der Waals surface area (Å²) in [4.78, 5) is 24.2. The quantitative estimate of drug-likeness (QED) is 0.499. The second-order valence-corrected chi connectivity index (χ2v) is 6.90. The van der Waals surface area contributed by atoms with E-state index in [9.17, 15) is 9.59 Å². The molecule has 1 amide bonds. The largest absolute Gasteiger partial charge is 0.495 e. The highest BCUT2D eigenvalue weighted by Crippen LogP contribution is 2.36. The van der Waals surface area contributed by atoms with Gasteiger partial charge in [0.25, 0.3) is 0 Å². The third-order valence-electron chi connectivity index (χ3n) is 4.52. The van der Waals surface area contributed by atoms with E-state index in [2.05, 4.69) is 22.5 Å². The van der Waals surface area contributed by atoms with Crippen LogP contribution in [0.15, 0.2) is 60.8 Å². The van der Waals surface area contributed by atoms with Crippen molar-refractivity contribution in [3.63, 3.8) is 0 Å². The fraction of sp³-hybridized carbons (Fsp3) is 0.190. The molecule has 0 unspecified atom stereocenters. The van der Waals surface area contributed by atoms with E-state index in [0.717, 1.165) is 0 Å². The van der Waals surface area contributed by atoms with Crippen molar-refractivity contribution >= 4 is 34.9 Å². The molecule has 0 spiro atoms. The minimum absolute atomic E-state index is 0.305. The molecule has 1 heterocycles. The summed E-state index contributed by atoms with van der Waals surface area (Å²) in [6.07, 6.45) is 0. The first kappa shape index (κ1) is 21.1. The first-order chi connectivity index (χ1) is 14.4. The van der Waals surface area contributed by atoms with Gasteiger partial charge in [0, 0.05) is 11.3 Å². The number of anilines is 1. The number of nitrogens with one attached hydrogen (secondary N) is 3. The van der Waals surface area contributed by atoms with Crippen LogP contribution in [0.5, 0.6) is 11.5 Å². The molecule has 8 nitrogen and oxygen atoms in total. The Labute approximate surface area is 178 Å². The summed E-state index contributed by atoms with van der Waals surface area (Å²) in [6.45, 7) is 3.46. The SMILES string of the molecule is C=C1NC(=S)N[C@@H](c2ccccc2OCC(=O)O)[C@H]1C(=O)Nc1ccccc1OC. The number of carbonyl (C=O) groups excluding carboxylic acids is 1. The molecule has 0 bridgehead atoms. The van der Waals surface area contributed by atoms with Crippen LogP contribution in [0.2, 0.25) is 0 Å². The number of amides is 1. The second-order valence-electron chi connectivity index (χ2n) is 6.49. The normalized spacial score (nSPS) is 18.0. The third kappa shape index (κ3) is 4.69. The highest BCUT2D eigenvalue weighted by atomic mass is 32.1. The van der Waals surface area contributed by atoms with E-state index in [1.807, 2.05) is 0 Å². The number of rotatable bonds is 7. The zero-order valence-electron chi connectivity index (χ0n) is 16.2. The van der Waals surface area contributed by atoms with Crippen LogP contribution in [-0.4, -0.2) is 35.8 Å². The Morgan fingerprint density at radius 3 is 2.53 bits per heavy atom. The Morgan fingerprint density at radius 1 is 1.17 bits per heavy atom. The molecule has 156 valence electrons. The molecular formula is C21H21N3O5S. The molecule has 1 aliphatic heterocycles. The van der Waals surface area contributed by atoms with Crippen molar-refractivity contribution in [3.8, 4) is 11.5 Å². The average Bonchev–Trinajstić information content (AvgIpc) is 2.72. The van der Waals surface area contributed by atoms with Crippen molar-refractivity contribution in [1.29, 1.82) is 0 Å². The average molecular weight is 427 g/mol. The van der Waals surface area contributed by atoms with Crippen LogP contribution in [-0.2, 0) is 9.59 Å². The van der Waals surface area contributed by atoms with Gasteiger partial charge in [-0.3, -0.25) is 4.79 Å². The molecule has 1 aliphatic rings. The van der Waals surface area contributed by atoms with Gasteiger partial charge in [-0.25, -0.2) is 4.79 Å². The number of carboxylic acids is 1. The topological polar surface area (TPSA) is 109 Å². The van der Waals surface area contributed by atoms with Crippen LogP contribution in [0.25, 0.3) is 0 Å². The predicted molar refractivity (Wildman–Crippen MR) is 115 cm³/mol. The zero-order chi connectivity index (χ0) is 21.7. The van der Waals surface area contributed by atoms with Gasteiger partial charge in [0.1, 0.15) is 17.4 Å². The predicted octanol–water partition coefficient (Wildman–Crippen LogP) is 2.45. The minimum atomic E-state index is -1.10. The zero-order valence-corrected chi connectivity index (χ0v) is 17.0. The molecule has 4 N–H and O–H groups in total. The molecule has 0 radical (unpaired) electrons. The van der Waals surface area contributed by atoms with E-state index in [-0.39, 0.29) is 5.91 Å². The molecule has 3 rings (SSSR count). The molecule has 9 heteroatoms. The summed E-state index contributed by atoms with van der Waals surface area (Å²) >= 11 is 5.25. The second kappa shape index (κ2) is 9.27. The smallest absolute Gasteiger partial charge is 0.341 e. The number of ether oxygens (including phenoxy) is 2. The van der Waals surface area contributed by atoms with Crippen LogP contribution in [0, 0.1) is 5.92 Å². The molecule has 2 aromatic rings. The monoisotopic (exact) mass is 427 g/mol. The fourth-order valence-corrected chi connectivity index (χ4v) is 3.48. The van der Waals surface area contributed by atoms with Crippen LogP contribution >= 0.6 is 12.2 Å². The number of carboxylic acid groups (broad SMARTS) is 1. The summed E-state index contributed by atoms with van der Waals surface area (Å²) in [6, 6.07) is 13.3. The molecule has 2 atom stereocenters. The van der Waals surface area contributed by atoms with Crippen molar-refractivity contribution < 1.29 is 24.2 Å². The van der Waals surface area contributed by atoms with E-state index < -0.39 is 24.5 Å². The lowest BCUT2D eigenvalue weighted by Gasteiger charge is -2.36. The Bertz CT molecular complexity index is 994. The van der Waals surface area contributed by atoms with Gasteiger partial charge in [-0.1, -0.05) is 36.9 Å². The van der Waals surface area contributed by atoms with Crippen LogP contribution in [0.1, 0.15) is 11.6 Å². The Kier molecular flexibility index (Phi) is 6.53. The van der Waals surface area contributed by atoms with E-state index in [1.165, 1.54) is 7.11 Å². The maximum atomic E-state index is 13.2. The third-order valence-corrected chi connectivity index (χ3v) is 4.74. The van der Waals surface area contributed by atoms with Gasteiger partial charge in [-0.05, 0) is 30.4 Å². The molecule has 2 aromatic carbocycles. The standard InChI is InChI=1S/C21H21N3O5S/c1-12-18(20(27)23-14-8-4-6-10-16(14)28-2)19(24-21(30)22-12)13-7-3-5-9-15(13)29-11-17(25)26/h3-10,18-19H,1,11H2,2H3,(H,23,27)(H,25,26)(H2,22,24,30)/t18-,19-/m0/s1. The van der Waals surface area contributed by atoms with Gasteiger partial charge in [-0.15, -0.1) is 0 Å². The number of hydrogen-bond donors (Lipinski definition) is 4. The highest BCUT2D eigenvalue weighted by Gasteiger charge is 2.38. The van der Waals surface area contributed by atoms with Crippen LogP contribution in [0.3, 0.4) is 0 Å². The van der Waals surface area contributed by atoms with E-state index in [0.29, 0.717) is 33.6 Å². The summed E-state index contributed by atoms with van der Waals surface area (Å²) in [5.74, 6) is -1.36. The Balaban J connectivity index is 1.94. The minimum Gasteiger partial charge on any atom is -0.495 e. The van der Waals surface area contributed by atoms with Crippen molar-refractivity contribution in [2.45, 2.75) is 6.04 Å². The number of para-hydroxylation sites is 3. The van der Waals surface area contributed by atoms with Gasteiger partial charge in [0.05, 0.1) is 18.8 Å². The highest BCUT2D eigenvalue weighted by molar-refractivity contribution is 7.80. The Morgan fingerprint density at radius 2 is 1.83 bits per heavy atom. The van der Waals surface area contributed by atoms with Crippen molar-refractivity contribution in [2.24, 2.45) is 5.92 Å². The maximum Gasteiger partial charge on any atom is 0.341 e. The first-order valence-electron chi connectivity index (χ1n) is 9.04. The lowest BCUT2D eigenvalue weighted by molar-refractivity contribution is -0.139. The fourth-order valence-electron chi connectivity index (χ4n) is 3.22. The van der Waals surface area contributed by atoms with Crippen molar-refractivity contribution in [3.05, 3.63) is 66.4 Å². The lowest BCUT2D eigenvalue weighted by atomic mass is 9.87. The molecule has 30 heavy (non-hydrogen) atoms. The van der Waals surface area contributed by atoms with E-state index in [1.54, 1.807) is 48.5 Å². The molecule has 1 fully saturated rings. The van der Waals surface area contributed by atoms with Gasteiger partial charge >= 0.3 is 5.97 Å². The molecule has 0 aliphatic carbocycles. The molecule has 0 aromatic heterocycles. The number of benzene rings is 2. The maximum absolute atomic E-state index is 13.2. The van der Waals surface area contributed by atoms with Crippen molar-refractivity contribution in [2.75, 3.05) is 19.0 Å². The Hall–Kier alpha value is -3.59. The summed E-state index contributed by atoms with van der Waals surface area (Å²) in [5, 5.41) is 18.1. The van der Waals surface area contributed by atoms with Crippen LogP contribution < -0.4 is 25.4 Å². The first-order valence-corrected chi connectivity index (χ1v) is 9.45. The number of methoxy groups -OCH3 is 1. The number of aliphatic carboxylic acids is 1. The van der Waals surface area contributed by atoms with Gasteiger partial charge in [0.15, 0.2) is 11.7 Å². The summed E-state index contributed by atoms with van der Waals surface area (Å²) in [7, 11) is 1.52. The van der Waals surface area contributed by atoms with Crippen LogP contribution in [0.4, 0.5) is 5.69 Å². The number of thiocarbonyl (C=S) groups is 1. The molecule has 1 saturated heterocycles. The molecular weight excluding hydrogens is 406 g/mol. The van der Waals surface area contributed by atoms with E-state index >= 15 is 0 Å². The van der Waals surface area contributed by atoms with Gasteiger partial charge in [-0.2, -0.15) is 0 Å². The van der Waals surface area contributed by atoms with Gasteiger partial charge < -0.3 is 30.5 Å². The number of carbonyl (C=O) groups is 2. The summed E-state index contributed by atoms with van der Waals surface area (Å²) in [5.41, 5.74) is 1.51. The number of hydrogen-bond acceptors (Lipinski definition) is 5. The lowest BCUT2D eigenvalue weighted by Crippen LogP contribution is -2.51. The van der Waals surface area contributed by atoms with Gasteiger partial charge in [0.2, 0.25) is 5.91 Å². The van der Waals surface area contributed by atoms with Crippen molar-refractivity contribution in [1.82, 2.24) is 10.6 Å². The summed E-state index contributed by atoms with van der Waals surface area (Å²) < 4.78 is 10.7.